The van der Waals surface area contributed by atoms with E-state index in [1.54, 1.807) is 6.26 Å². The van der Waals surface area contributed by atoms with Crippen LogP contribution in [-0.4, -0.2) is 35.3 Å². The van der Waals surface area contributed by atoms with Crippen molar-refractivity contribution in [2.24, 2.45) is 0 Å². The first-order chi connectivity index (χ1) is 12.0. The fourth-order valence-corrected chi connectivity index (χ4v) is 2.86. The third-order valence-electron chi connectivity index (χ3n) is 4.67. The van der Waals surface area contributed by atoms with E-state index in [2.05, 4.69) is 50.8 Å². The zero-order chi connectivity index (χ0) is 18.2. The normalized spacial score (nSPS) is 14.0. The molecule has 0 saturated heterocycles. The Morgan fingerprint density at radius 3 is 2.72 bits per heavy atom. The van der Waals surface area contributed by atoms with Crippen LogP contribution in [0.15, 0.2) is 41.0 Å². The average Bonchev–Trinajstić information content (AvgIpc) is 3.10. The molecule has 1 heterocycles. The van der Waals surface area contributed by atoms with Gasteiger partial charge < -0.3 is 14.3 Å². The van der Waals surface area contributed by atoms with Crippen molar-refractivity contribution in [1.29, 1.82) is 0 Å². The molecule has 0 spiro atoms. The third kappa shape index (κ3) is 6.31. The van der Waals surface area contributed by atoms with Gasteiger partial charge in [-0.25, -0.2) is 0 Å². The second-order valence-corrected chi connectivity index (χ2v) is 6.86. The Hall–Kier alpha value is -1.62. The summed E-state index contributed by atoms with van der Waals surface area (Å²) in [5.74, 6) is 0.779. The van der Waals surface area contributed by atoms with E-state index in [0.717, 1.165) is 18.7 Å². The van der Waals surface area contributed by atoms with Gasteiger partial charge in [0.1, 0.15) is 12.4 Å². The van der Waals surface area contributed by atoms with E-state index in [1.807, 2.05) is 12.1 Å². The average molecular weight is 345 g/mol. The van der Waals surface area contributed by atoms with Crippen molar-refractivity contribution in [1.82, 2.24) is 4.90 Å². The molecule has 0 saturated carbocycles. The van der Waals surface area contributed by atoms with Crippen LogP contribution in [0.5, 0.6) is 0 Å². The minimum absolute atomic E-state index is 0.306. The van der Waals surface area contributed by atoms with Crippen molar-refractivity contribution >= 4 is 0 Å². The highest BCUT2D eigenvalue weighted by molar-refractivity contribution is 5.30. The number of rotatable bonds is 10. The molecule has 0 aliphatic carbocycles. The highest BCUT2D eigenvalue weighted by Gasteiger charge is 2.18. The molecule has 2 aromatic rings. The fraction of sp³-hybridized carbons (Fsp3) is 0.524. The van der Waals surface area contributed by atoms with E-state index in [9.17, 15) is 5.11 Å². The van der Waals surface area contributed by atoms with Crippen LogP contribution in [0.3, 0.4) is 0 Å². The Morgan fingerprint density at radius 1 is 1.24 bits per heavy atom. The van der Waals surface area contributed by atoms with Gasteiger partial charge in [0.15, 0.2) is 0 Å². The van der Waals surface area contributed by atoms with Crippen LogP contribution in [0.1, 0.15) is 42.7 Å². The van der Waals surface area contributed by atoms with Gasteiger partial charge in [0.05, 0.1) is 19.0 Å². The highest BCUT2D eigenvalue weighted by atomic mass is 16.5. The standard InChI is InChI=1S/C21H31NO3/c1-5-18(4)22(12-19-11-16(2)8-9-17(19)3)13-20(23)14-24-15-21-7-6-10-25-21/h6-11,18,20,23H,5,12-15H2,1-4H3/t18-,20+/m1/s1. The number of aliphatic hydroxyl groups is 1. The van der Waals surface area contributed by atoms with Gasteiger partial charge in [0, 0.05) is 19.1 Å². The van der Waals surface area contributed by atoms with E-state index in [-0.39, 0.29) is 0 Å². The van der Waals surface area contributed by atoms with Crippen molar-refractivity contribution in [3.05, 3.63) is 59.0 Å². The van der Waals surface area contributed by atoms with E-state index in [1.165, 1.54) is 16.7 Å². The van der Waals surface area contributed by atoms with Gasteiger partial charge in [-0.3, -0.25) is 4.90 Å². The number of furan rings is 1. The van der Waals surface area contributed by atoms with Gasteiger partial charge in [-0.15, -0.1) is 0 Å². The minimum atomic E-state index is -0.519. The lowest BCUT2D eigenvalue weighted by atomic mass is 10.0. The predicted octanol–water partition coefficient (Wildman–Crippen LogP) is 4.07. The maximum atomic E-state index is 10.4. The molecule has 0 aliphatic rings. The van der Waals surface area contributed by atoms with Crippen LogP contribution >= 0.6 is 0 Å². The van der Waals surface area contributed by atoms with Gasteiger partial charge in [-0.1, -0.05) is 30.7 Å². The molecule has 0 amide bonds. The molecule has 4 heteroatoms. The number of nitrogens with zero attached hydrogens (tertiary/aromatic N) is 1. The SMILES string of the molecule is CC[C@@H](C)N(Cc1cc(C)ccc1C)C[C@H](O)COCc1ccco1. The van der Waals surface area contributed by atoms with Gasteiger partial charge in [-0.05, 0) is 50.5 Å². The Balaban J connectivity index is 1.91. The molecule has 0 fully saturated rings. The maximum absolute atomic E-state index is 10.4. The Bertz CT molecular complexity index is 624. The Morgan fingerprint density at radius 2 is 2.04 bits per heavy atom. The summed E-state index contributed by atoms with van der Waals surface area (Å²) in [5.41, 5.74) is 3.89. The van der Waals surface area contributed by atoms with Gasteiger partial charge >= 0.3 is 0 Å². The summed E-state index contributed by atoms with van der Waals surface area (Å²) in [5, 5.41) is 10.4. The number of benzene rings is 1. The van der Waals surface area contributed by atoms with E-state index >= 15 is 0 Å². The Kier molecular flexibility index (Phi) is 7.69. The van der Waals surface area contributed by atoms with E-state index in [4.69, 9.17) is 9.15 Å². The summed E-state index contributed by atoms with van der Waals surface area (Å²) >= 11 is 0. The first-order valence-electron chi connectivity index (χ1n) is 9.08. The molecule has 0 unspecified atom stereocenters. The van der Waals surface area contributed by atoms with Crippen molar-refractivity contribution in [3.8, 4) is 0 Å². The van der Waals surface area contributed by atoms with Crippen LogP contribution in [0, 0.1) is 13.8 Å². The number of hydrogen-bond acceptors (Lipinski definition) is 4. The van der Waals surface area contributed by atoms with E-state index < -0.39 is 6.10 Å². The first kappa shape index (κ1) is 19.7. The van der Waals surface area contributed by atoms with Crippen LogP contribution in [0.25, 0.3) is 0 Å². The molecular weight excluding hydrogens is 314 g/mol. The predicted molar refractivity (Wildman–Crippen MR) is 100 cm³/mol. The summed E-state index contributed by atoms with van der Waals surface area (Å²) in [6, 6.07) is 10.7. The number of aliphatic hydroxyl groups excluding tert-OH is 1. The molecule has 1 aromatic carbocycles. The topological polar surface area (TPSA) is 45.8 Å². The van der Waals surface area contributed by atoms with Crippen molar-refractivity contribution in [2.45, 2.75) is 59.4 Å². The van der Waals surface area contributed by atoms with Crippen molar-refractivity contribution in [2.75, 3.05) is 13.2 Å². The lowest BCUT2D eigenvalue weighted by Gasteiger charge is -2.31. The molecule has 2 rings (SSSR count). The molecule has 2 atom stereocenters. The number of aryl methyl sites for hydroxylation is 2. The van der Waals surface area contributed by atoms with Gasteiger partial charge in [0.25, 0.3) is 0 Å². The van der Waals surface area contributed by atoms with Gasteiger partial charge in [-0.2, -0.15) is 0 Å². The van der Waals surface area contributed by atoms with Crippen LogP contribution in [0.4, 0.5) is 0 Å². The van der Waals surface area contributed by atoms with Crippen molar-refractivity contribution < 1.29 is 14.3 Å². The summed E-state index contributed by atoms with van der Waals surface area (Å²) in [4.78, 5) is 2.34. The molecule has 1 aromatic heterocycles. The molecule has 0 bridgehead atoms. The molecule has 138 valence electrons. The molecular formula is C21H31NO3. The number of hydrogen-bond donors (Lipinski definition) is 1. The molecule has 1 N–H and O–H groups in total. The van der Waals surface area contributed by atoms with Crippen LogP contribution in [-0.2, 0) is 17.9 Å². The largest absolute Gasteiger partial charge is 0.467 e. The lowest BCUT2D eigenvalue weighted by Crippen LogP contribution is -2.40. The van der Waals surface area contributed by atoms with Crippen LogP contribution < -0.4 is 0 Å². The van der Waals surface area contributed by atoms with Crippen molar-refractivity contribution in [3.63, 3.8) is 0 Å². The summed E-state index contributed by atoms with van der Waals surface area (Å²) in [6.45, 7) is 10.8. The first-order valence-corrected chi connectivity index (χ1v) is 9.08. The second kappa shape index (κ2) is 9.76. The minimum Gasteiger partial charge on any atom is -0.467 e. The zero-order valence-corrected chi connectivity index (χ0v) is 15.9. The number of ether oxygens (including phenoxy) is 1. The second-order valence-electron chi connectivity index (χ2n) is 6.86. The fourth-order valence-electron chi connectivity index (χ4n) is 2.86. The van der Waals surface area contributed by atoms with Crippen LogP contribution in [0.2, 0.25) is 0 Å². The lowest BCUT2D eigenvalue weighted by molar-refractivity contribution is -0.00275. The zero-order valence-electron chi connectivity index (χ0n) is 15.9. The summed E-state index contributed by atoms with van der Waals surface area (Å²) < 4.78 is 10.8. The third-order valence-corrected chi connectivity index (χ3v) is 4.67. The monoisotopic (exact) mass is 345 g/mol. The highest BCUT2D eigenvalue weighted by Crippen LogP contribution is 2.17. The maximum Gasteiger partial charge on any atom is 0.129 e. The quantitative estimate of drug-likeness (QED) is 0.705. The molecule has 25 heavy (non-hydrogen) atoms. The van der Waals surface area contributed by atoms with Gasteiger partial charge in [0.2, 0.25) is 0 Å². The molecule has 4 nitrogen and oxygen atoms in total. The molecule has 0 radical (unpaired) electrons. The van der Waals surface area contributed by atoms with E-state index in [0.29, 0.717) is 25.8 Å². The smallest absolute Gasteiger partial charge is 0.129 e. The summed E-state index contributed by atoms with van der Waals surface area (Å²) in [7, 11) is 0. The Labute approximate surface area is 151 Å². The molecule has 0 aliphatic heterocycles. The summed E-state index contributed by atoms with van der Waals surface area (Å²) in [6.07, 6.45) is 2.16.